The number of carbonyl (C=O) groups is 3. The van der Waals surface area contributed by atoms with Crippen molar-refractivity contribution in [2.75, 3.05) is 32.7 Å². The van der Waals surface area contributed by atoms with Crippen LogP contribution in [-0.4, -0.2) is 83.5 Å². The Balaban J connectivity index is 1.42. The van der Waals surface area contributed by atoms with Crippen LogP contribution < -0.4 is 5.32 Å². The van der Waals surface area contributed by atoms with Crippen LogP contribution in [0.25, 0.3) is 0 Å². The lowest BCUT2D eigenvalue weighted by Crippen LogP contribution is -2.52. The van der Waals surface area contributed by atoms with E-state index in [9.17, 15) is 18.8 Å². The lowest BCUT2D eigenvalue weighted by atomic mass is 9.92. The smallest absolute Gasteiger partial charge is 0.325 e. The minimum absolute atomic E-state index is 0.0595. The molecule has 9 heteroatoms. The van der Waals surface area contributed by atoms with E-state index in [-0.39, 0.29) is 30.7 Å². The summed E-state index contributed by atoms with van der Waals surface area (Å²) in [5.74, 6) is -1.16. The highest BCUT2D eigenvalue weighted by molar-refractivity contribution is 6.09. The quantitative estimate of drug-likeness (QED) is 0.697. The van der Waals surface area contributed by atoms with Gasteiger partial charge in [0.05, 0.1) is 12.2 Å². The van der Waals surface area contributed by atoms with E-state index in [2.05, 4.69) is 24.1 Å². The maximum absolute atomic E-state index is 13.3. The van der Waals surface area contributed by atoms with Crippen molar-refractivity contribution in [2.24, 2.45) is 0 Å². The number of carbonyl (C=O) groups excluding carboxylic acids is 3. The van der Waals surface area contributed by atoms with Gasteiger partial charge in [0.15, 0.2) is 0 Å². The van der Waals surface area contributed by atoms with Crippen LogP contribution in [0.4, 0.5) is 9.18 Å². The molecule has 0 bridgehead atoms. The average Bonchev–Trinajstić information content (AvgIpc) is 3.26. The van der Waals surface area contributed by atoms with Crippen LogP contribution in [0, 0.1) is 5.82 Å². The maximum Gasteiger partial charge on any atom is 0.325 e. The molecule has 3 aliphatic rings. The van der Waals surface area contributed by atoms with Crippen molar-refractivity contribution in [3.05, 3.63) is 35.6 Å². The van der Waals surface area contributed by atoms with Gasteiger partial charge in [-0.1, -0.05) is 12.1 Å². The van der Waals surface area contributed by atoms with Gasteiger partial charge in [0.25, 0.3) is 5.91 Å². The van der Waals surface area contributed by atoms with Gasteiger partial charge < -0.3 is 15.0 Å². The lowest BCUT2D eigenvalue weighted by Gasteiger charge is -2.38. The highest BCUT2D eigenvalue weighted by Crippen LogP contribution is 2.29. The molecule has 1 aromatic carbocycles. The average molecular weight is 447 g/mol. The molecule has 8 nitrogen and oxygen atoms in total. The number of amides is 4. The predicted octanol–water partition coefficient (Wildman–Crippen LogP) is 1.69. The Morgan fingerprint density at radius 1 is 1.19 bits per heavy atom. The molecule has 1 N–H and O–H groups in total. The number of likely N-dealkylation sites (tertiary alicyclic amines) is 1. The summed E-state index contributed by atoms with van der Waals surface area (Å²) in [6.07, 6.45) is 2.11. The van der Waals surface area contributed by atoms with Gasteiger partial charge in [0, 0.05) is 32.2 Å². The molecular formula is C23H31FN4O4. The number of hydrogen-bond donors (Lipinski definition) is 1. The number of ether oxygens (including phenoxy) is 1. The fourth-order valence-electron chi connectivity index (χ4n) is 5.13. The van der Waals surface area contributed by atoms with E-state index in [1.165, 1.54) is 24.3 Å². The van der Waals surface area contributed by atoms with Gasteiger partial charge in [-0.3, -0.25) is 19.4 Å². The second-order valence-electron chi connectivity index (χ2n) is 9.31. The van der Waals surface area contributed by atoms with Crippen LogP contribution in [-0.2, 0) is 19.9 Å². The van der Waals surface area contributed by atoms with Crippen LogP contribution in [0.1, 0.15) is 39.2 Å². The fourth-order valence-corrected chi connectivity index (χ4v) is 5.13. The highest BCUT2D eigenvalue weighted by atomic mass is 19.1. The van der Waals surface area contributed by atoms with Crippen molar-refractivity contribution < 1.29 is 23.5 Å². The first kappa shape index (κ1) is 22.7. The zero-order chi connectivity index (χ0) is 23.0. The first-order valence-corrected chi connectivity index (χ1v) is 11.2. The molecule has 0 aliphatic carbocycles. The lowest BCUT2D eigenvalue weighted by molar-refractivity contribution is -0.140. The maximum atomic E-state index is 13.3. The molecule has 3 saturated heterocycles. The third-order valence-corrected chi connectivity index (χ3v) is 6.65. The van der Waals surface area contributed by atoms with Crippen LogP contribution in [0.5, 0.6) is 0 Å². The minimum Gasteiger partial charge on any atom is -0.373 e. The largest absolute Gasteiger partial charge is 0.373 e. The normalized spacial score (nSPS) is 31.3. The van der Waals surface area contributed by atoms with Crippen molar-refractivity contribution in [1.29, 1.82) is 0 Å². The van der Waals surface area contributed by atoms with E-state index in [0.717, 1.165) is 37.4 Å². The van der Waals surface area contributed by atoms with E-state index in [1.807, 2.05) is 0 Å². The van der Waals surface area contributed by atoms with Crippen LogP contribution in [0.3, 0.4) is 0 Å². The summed E-state index contributed by atoms with van der Waals surface area (Å²) in [5, 5.41) is 2.67. The Bertz CT molecular complexity index is 884. The molecule has 0 radical (unpaired) electrons. The van der Waals surface area contributed by atoms with Gasteiger partial charge in [-0.15, -0.1) is 0 Å². The molecule has 3 fully saturated rings. The third-order valence-electron chi connectivity index (χ3n) is 6.65. The fraction of sp³-hybridized carbons (Fsp3) is 0.609. The van der Waals surface area contributed by atoms with Crippen molar-refractivity contribution in [3.8, 4) is 0 Å². The highest BCUT2D eigenvalue weighted by Gasteiger charge is 2.50. The molecular weight excluding hydrogens is 415 g/mol. The Hall–Kier alpha value is -2.52. The number of imide groups is 1. The zero-order valence-corrected chi connectivity index (χ0v) is 18.8. The van der Waals surface area contributed by atoms with E-state index < -0.39 is 23.3 Å². The van der Waals surface area contributed by atoms with Gasteiger partial charge in [-0.05, 0) is 51.3 Å². The van der Waals surface area contributed by atoms with Crippen molar-refractivity contribution in [1.82, 2.24) is 20.0 Å². The molecule has 4 rings (SSSR count). The van der Waals surface area contributed by atoms with Crippen LogP contribution >= 0.6 is 0 Å². The summed E-state index contributed by atoms with van der Waals surface area (Å²) in [5.41, 5.74) is -0.850. The van der Waals surface area contributed by atoms with E-state index in [4.69, 9.17) is 4.74 Å². The number of hydrogen-bond acceptors (Lipinski definition) is 5. The molecule has 0 aromatic heterocycles. The molecule has 4 unspecified atom stereocenters. The van der Waals surface area contributed by atoms with Crippen molar-refractivity contribution in [3.63, 3.8) is 0 Å². The molecule has 4 atom stereocenters. The Kier molecular flexibility index (Phi) is 6.22. The first-order chi connectivity index (χ1) is 15.2. The molecule has 0 spiro atoms. The molecule has 1 aromatic rings. The summed E-state index contributed by atoms with van der Waals surface area (Å²) in [6, 6.07) is 4.89. The summed E-state index contributed by atoms with van der Waals surface area (Å²) >= 11 is 0. The molecule has 0 saturated carbocycles. The monoisotopic (exact) mass is 446 g/mol. The predicted molar refractivity (Wildman–Crippen MR) is 115 cm³/mol. The topological polar surface area (TPSA) is 82.2 Å². The molecule has 32 heavy (non-hydrogen) atoms. The van der Waals surface area contributed by atoms with Gasteiger partial charge in [-0.2, -0.15) is 0 Å². The molecule has 174 valence electrons. The standard InChI is InChI=1S/C23H31FN4O4/c1-15-11-26(12-16(2)32-15)13-19-5-4-10-27(19)20(29)14-28-21(30)23(3,25-22(28)31)17-6-8-18(24)9-7-17/h6-9,15-16,19H,4-5,10-14H2,1-3H3,(H,25,31). The summed E-state index contributed by atoms with van der Waals surface area (Å²) in [7, 11) is 0. The van der Waals surface area contributed by atoms with Crippen LogP contribution in [0.15, 0.2) is 24.3 Å². The van der Waals surface area contributed by atoms with Crippen molar-refractivity contribution in [2.45, 2.75) is 57.4 Å². The Morgan fingerprint density at radius 2 is 1.84 bits per heavy atom. The van der Waals surface area contributed by atoms with Gasteiger partial charge in [0.2, 0.25) is 5.91 Å². The number of nitrogens with one attached hydrogen (secondary N) is 1. The first-order valence-electron chi connectivity index (χ1n) is 11.2. The molecule has 3 heterocycles. The Morgan fingerprint density at radius 3 is 2.50 bits per heavy atom. The van der Waals surface area contributed by atoms with E-state index >= 15 is 0 Å². The SMILES string of the molecule is CC1CN(CC2CCCN2C(=O)CN2C(=O)NC(C)(c3ccc(F)cc3)C2=O)CC(C)O1. The van der Waals surface area contributed by atoms with Crippen molar-refractivity contribution >= 4 is 17.8 Å². The summed E-state index contributed by atoms with van der Waals surface area (Å²) < 4.78 is 19.1. The summed E-state index contributed by atoms with van der Waals surface area (Å²) in [4.78, 5) is 43.9. The second kappa shape index (κ2) is 8.78. The zero-order valence-electron chi connectivity index (χ0n) is 18.8. The molecule has 4 amide bonds. The number of halogens is 1. The second-order valence-corrected chi connectivity index (χ2v) is 9.31. The molecule has 3 aliphatic heterocycles. The minimum atomic E-state index is -1.32. The van der Waals surface area contributed by atoms with E-state index in [0.29, 0.717) is 12.1 Å². The van der Waals surface area contributed by atoms with Gasteiger partial charge in [0.1, 0.15) is 17.9 Å². The van der Waals surface area contributed by atoms with Crippen LogP contribution in [0.2, 0.25) is 0 Å². The van der Waals surface area contributed by atoms with Gasteiger partial charge in [-0.25, -0.2) is 9.18 Å². The number of nitrogens with zero attached hydrogens (tertiary/aromatic N) is 3. The summed E-state index contributed by atoms with van der Waals surface area (Å²) in [6.45, 7) is 8.41. The van der Waals surface area contributed by atoms with E-state index in [1.54, 1.807) is 11.8 Å². The number of rotatable bonds is 5. The number of morpholine rings is 1. The van der Waals surface area contributed by atoms with Gasteiger partial charge >= 0.3 is 6.03 Å². The Labute approximate surface area is 187 Å². The number of urea groups is 1. The number of benzene rings is 1. The third kappa shape index (κ3) is 4.36.